The van der Waals surface area contributed by atoms with Gasteiger partial charge in [0.05, 0.1) is 12.7 Å². The summed E-state index contributed by atoms with van der Waals surface area (Å²) >= 11 is 0. The van der Waals surface area contributed by atoms with Crippen LogP contribution >= 0.6 is 0 Å². The Hall–Kier alpha value is -1.44. The second-order valence-electron chi connectivity index (χ2n) is 3.73. The summed E-state index contributed by atoms with van der Waals surface area (Å²) in [4.78, 5) is 24.5. The number of nitrogens with zero attached hydrogens (tertiary/aromatic N) is 1. The zero-order valence-electron chi connectivity index (χ0n) is 8.50. The van der Waals surface area contributed by atoms with Gasteiger partial charge in [-0.25, -0.2) is 4.79 Å². The van der Waals surface area contributed by atoms with Gasteiger partial charge in [-0.2, -0.15) is 0 Å². The van der Waals surface area contributed by atoms with E-state index >= 15 is 0 Å². The molecule has 0 aromatic carbocycles. The van der Waals surface area contributed by atoms with Crippen LogP contribution in [0.2, 0.25) is 0 Å². The minimum Gasteiger partial charge on any atom is -0.394 e. The molecule has 3 atom stereocenters. The second-order valence-corrected chi connectivity index (χ2v) is 3.73. The number of nitrogens with two attached hydrogens (primary N) is 1. The number of aromatic amines is 1. The van der Waals surface area contributed by atoms with Crippen LogP contribution in [0.5, 0.6) is 0 Å². The predicted molar refractivity (Wildman–Crippen MR) is 54.9 cm³/mol. The first kappa shape index (κ1) is 11.1. The van der Waals surface area contributed by atoms with E-state index in [0.717, 1.165) is 0 Å². The molecule has 0 aliphatic carbocycles. The predicted octanol–water partition coefficient (Wildman–Crippen LogP) is -1.86. The first-order valence-electron chi connectivity index (χ1n) is 4.95. The molecule has 0 bridgehead atoms. The van der Waals surface area contributed by atoms with Gasteiger partial charge in [0, 0.05) is 24.7 Å². The molecular weight excluding hydrogens is 214 g/mol. The van der Waals surface area contributed by atoms with Crippen LogP contribution in [0.4, 0.5) is 0 Å². The molecule has 1 aliphatic heterocycles. The molecule has 0 saturated carbocycles. The number of aliphatic hydroxyl groups excluding tert-OH is 1. The zero-order valence-corrected chi connectivity index (χ0v) is 8.50. The van der Waals surface area contributed by atoms with E-state index in [-0.39, 0.29) is 12.6 Å². The molecule has 1 fully saturated rings. The molecule has 7 nitrogen and oxygen atoms in total. The molecule has 16 heavy (non-hydrogen) atoms. The molecule has 1 aromatic rings. The Kier molecular flexibility index (Phi) is 2.90. The summed E-state index contributed by atoms with van der Waals surface area (Å²) in [5.74, 6) is 0. The molecular formula is C9H13N3O4. The molecule has 0 spiro atoms. The number of hydrogen-bond acceptors (Lipinski definition) is 5. The third-order valence-electron chi connectivity index (χ3n) is 2.62. The average Bonchev–Trinajstić information content (AvgIpc) is 2.59. The highest BCUT2D eigenvalue weighted by Crippen LogP contribution is 2.25. The van der Waals surface area contributed by atoms with Gasteiger partial charge in [0.1, 0.15) is 6.23 Å². The van der Waals surface area contributed by atoms with Crippen molar-refractivity contribution < 1.29 is 9.84 Å². The lowest BCUT2D eigenvalue weighted by Crippen LogP contribution is -2.32. The summed E-state index contributed by atoms with van der Waals surface area (Å²) in [5, 5.41) is 8.96. The average molecular weight is 227 g/mol. The van der Waals surface area contributed by atoms with Crippen molar-refractivity contribution in [2.24, 2.45) is 5.73 Å². The van der Waals surface area contributed by atoms with Crippen LogP contribution in [0, 0.1) is 0 Å². The molecule has 1 unspecified atom stereocenters. The summed E-state index contributed by atoms with van der Waals surface area (Å²) in [7, 11) is 0. The molecule has 4 N–H and O–H groups in total. The van der Waals surface area contributed by atoms with Gasteiger partial charge in [-0.05, 0) is 0 Å². The van der Waals surface area contributed by atoms with Crippen molar-refractivity contribution in [2.75, 3.05) is 6.61 Å². The summed E-state index contributed by atoms with van der Waals surface area (Å²) < 4.78 is 6.66. The van der Waals surface area contributed by atoms with Gasteiger partial charge in [0.15, 0.2) is 0 Å². The van der Waals surface area contributed by atoms with Crippen molar-refractivity contribution in [1.82, 2.24) is 9.55 Å². The van der Waals surface area contributed by atoms with E-state index in [4.69, 9.17) is 15.6 Å². The van der Waals surface area contributed by atoms with Gasteiger partial charge in [-0.3, -0.25) is 14.3 Å². The largest absolute Gasteiger partial charge is 0.394 e. The van der Waals surface area contributed by atoms with E-state index in [9.17, 15) is 9.59 Å². The van der Waals surface area contributed by atoms with E-state index in [1.165, 1.54) is 16.8 Å². The number of ether oxygens (including phenoxy) is 1. The highest BCUT2D eigenvalue weighted by atomic mass is 16.5. The lowest BCUT2D eigenvalue weighted by Gasteiger charge is -2.13. The van der Waals surface area contributed by atoms with Gasteiger partial charge in [0.25, 0.3) is 5.56 Å². The first-order valence-corrected chi connectivity index (χ1v) is 4.95. The smallest absolute Gasteiger partial charge is 0.330 e. The number of rotatable bonds is 2. The van der Waals surface area contributed by atoms with Gasteiger partial charge in [-0.1, -0.05) is 0 Å². The SMILES string of the molecule is NC1C[C@@H](n2ccc(=O)[nH]c2=O)O[C@H]1CO. The van der Waals surface area contributed by atoms with Crippen molar-refractivity contribution in [2.45, 2.75) is 24.8 Å². The summed E-state index contributed by atoms with van der Waals surface area (Å²) in [6.45, 7) is -0.185. The van der Waals surface area contributed by atoms with Crippen molar-refractivity contribution >= 4 is 0 Å². The number of aliphatic hydroxyl groups is 1. The number of aromatic nitrogens is 2. The van der Waals surface area contributed by atoms with Crippen molar-refractivity contribution in [1.29, 1.82) is 0 Å². The normalized spacial score (nSPS) is 29.5. The maximum Gasteiger partial charge on any atom is 0.330 e. The Balaban J connectivity index is 2.27. The van der Waals surface area contributed by atoms with Crippen LogP contribution in [-0.2, 0) is 4.74 Å². The molecule has 88 valence electrons. The standard InChI is InChI=1S/C9H13N3O4/c10-5-3-8(16-6(5)4-13)12-2-1-7(14)11-9(12)15/h1-2,5-6,8,13H,3-4,10H2,(H,11,14,15)/t5?,6-,8-/m0/s1. The van der Waals surface area contributed by atoms with Gasteiger partial charge < -0.3 is 15.6 Å². The molecule has 0 amide bonds. The van der Waals surface area contributed by atoms with E-state index in [2.05, 4.69) is 4.98 Å². The zero-order chi connectivity index (χ0) is 11.7. The lowest BCUT2D eigenvalue weighted by molar-refractivity contribution is -0.0271. The quantitative estimate of drug-likeness (QED) is 0.549. The Morgan fingerprint density at radius 2 is 2.38 bits per heavy atom. The Morgan fingerprint density at radius 3 is 2.94 bits per heavy atom. The first-order chi connectivity index (χ1) is 7.61. The molecule has 1 aromatic heterocycles. The van der Waals surface area contributed by atoms with Crippen LogP contribution in [-0.4, -0.2) is 33.4 Å². The number of H-pyrrole nitrogens is 1. The molecule has 0 radical (unpaired) electrons. The van der Waals surface area contributed by atoms with Crippen LogP contribution in [0.15, 0.2) is 21.9 Å². The van der Waals surface area contributed by atoms with Crippen molar-refractivity contribution in [3.05, 3.63) is 33.1 Å². The van der Waals surface area contributed by atoms with Crippen LogP contribution < -0.4 is 17.0 Å². The Morgan fingerprint density at radius 1 is 1.62 bits per heavy atom. The van der Waals surface area contributed by atoms with Crippen molar-refractivity contribution in [3.63, 3.8) is 0 Å². The summed E-state index contributed by atoms with van der Waals surface area (Å²) in [5.41, 5.74) is 4.73. The number of hydrogen-bond donors (Lipinski definition) is 3. The highest BCUT2D eigenvalue weighted by molar-refractivity contribution is 4.89. The maximum atomic E-state index is 11.5. The van der Waals surface area contributed by atoms with Gasteiger partial charge in [0.2, 0.25) is 0 Å². The van der Waals surface area contributed by atoms with Crippen molar-refractivity contribution in [3.8, 4) is 0 Å². The van der Waals surface area contributed by atoms with Crippen LogP contribution in [0.3, 0.4) is 0 Å². The van der Waals surface area contributed by atoms with Crippen LogP contribution in [0.25, 0.3) is 0 Å². The Labute approximate surface area is 90.5 Å². The van der Waals surface area contributed by atoms with Gasteiger partial charge in [-0.15, -0.1) is 0 Å². The monoisotopic (exact) mass is 227 g/mol. The highest BCUT2D eigenvalue weighted by Gasteiger charge is 2.33. The lowest BCUT2D eigenvalue weighted by atomic mass is 10.1. The molecule has 2 rings (SSSR count). The van der Waals surface area contributed by atoms with Crippen LogP contribution in [0.1, 0.15) is 12.6 Å². The molecule has 1 saturated heterocycles. The maximum absolute atomic E-state index is 11.5. The molecule has 7 heteroatoms. The molecule has 2 heterocycles. The minimum atomic E-state index is -0.539. The fraction of sp³-hybridized carbons (Fsp3) is 0.556. The van der Waals surface area contributed by atoms with E-state index in [1.807, 2.05) is 0 Å². The summed E-state index contributed by atoms with van der Waals surface area (Å²) in [6, 6.07) is 0.927. The second kappa shape index (κ2) is 4.20. The fourth-order valence-corrected chi connectivity index (χ4v) is 1.75. The number of nitrogens with one attached hydrogen (secondary N) is 1. The Bertz CT molecular complexity index is 480. The third kappa shape index (κ3) is 1.92. The summed E-state index contributed by atoms with van der Waals surface area (Å²) in [6.07, 6.45) is 0.787. The van der Waals surface area contributed by atoms with E-state index < -0.39 is 23.6 Å². The van der Waals surface area contributed by atoms with Gasteiger partial charge >= 0.3 is 5.69 Å². The third-order valence-corrected chi connectivity index (χ3v) is 2.62. The topological polar surface area (TPSA) is 110 Å². The van der Waals surface area contributed by atoms with E-state index in [1.54, 1.807) is 0 Å². The fourth-order valence-electron chi connectivity index (χ4n) is 1.75. The molecule has 1 aliphatic rings. The van der Waals surface area contributed by atoms with E-state index in [0.29, 0.717) is 6.42 Å². The minimum absolute atomic E-state index is 0.185.